The molecule has 3 aromatic heterocycles. The summed E-state index contributed by atoms with van der Waals surface area (Å²) in [6.07, 6.45) is 3.39. The summed E-state index contributed by atoms with van der Waals surface area (Å²) < 4.78 is 7.37. The normalized spacial score (nSPS) is 23.2. The van der Waals surface area contributed by atoms with Crippen molar-refractivity contribution < 1.29 is 4.74 Å². The molecule has 2 atom stereocenters. The number of piperidine rings is 1. The molecule has 0 aromatic carbocycles. The van der Waals surface area contributed by atoms with Crippen LogP contribution < -0.4 is 16.2 Å². The Balaban J connectivity index is 1.51. The van der Waals surface area contributed by atoms with Gasteiger partial charge < -0.3 is 15.4 Å². The molecule has 2 aliphatic rings. The molecule has 0 radical (unpaired) electrons. The Bertz CT molecular complexity index is 1220. The van der Waals surface area contributed by atoms with Crippen molar-refractivity contribution in [1.82, 2.24) is 24.7 Å². The lowest BCUT2D eigenvalue weighted by atomic mass is 9.73. The van der Waals surface area contributed by atoms with Gasteiger partial charge in [-0.2, -0.15) is 10.1 Å². The number of fused-ring (bicyclic) bond motifs is 1. The summed E-state index contributed by atoms with van der Waals surface area (Å²) in [5, 5.41) is 7.95. The van der Waals surface area contributed by atoms with Gasteiger partial charge in [-0.1, -0.05) is 23.2 Å². The summed E-state index contributed by atoms with van der Waals surface area (Å²) in [6.45, 7) is 4.22. The third kappa shape index (κ3) is 3.14. The minimum absolute atomic E-state index is 0.00258. The minimum atomic E-state index is -0.206. The predicted octanol–water partition coefficient (Wildman–Crippen LogP) is 2.36. The van der Waals surface area contributed by atoms with E-state index in [0.717, 1.165) is 25.9 Å². The van der Waals surface area contributed by atoms with Gasteiger partial charge in [-0.05, 0) is 25.8 Å². The van der Waals surface area contributed by atoms with E-state index in [2.05, 4.69) is 20.1 Å². The Hall–Kier alpha value is -2.20. The minimum Gasteiger partial charge on any atom is -0.376 e. The summed E-state index contributed by atoms with van der Waals surface area (Å²) in [6, 6.07) is 1.70. The van der Waals surface area contributed by atoms with Gasteiger partial charge in [-0.25, -0.2) is 4.98 Å². The van der Waals surface area contributed by atoms with Gasteiger partial charge in [0.15, 0.2) is 5.65 Å². The number of anilines is 1. The molecular weight excluding hydrogens is 441 g/mol. The van der Waals surface area contributed by atoms with Crippen LogP contribution in [0, 0.1) is 5.41 Å². The number of hydrogen-bond donors (Lipinski definition) is 2. The van der Waals surface area contributed by atoms with Crippen LogP contribution >= 0.6 is 23.2 Å². The van der Waals surface area contributed by atoms with Gasteiger partial charge in [0.05, 0.1) is 17.7 Å². The number of nitrogens with one attached hydrogen (secondary N) is 1. The molecule has 164 valence electrons. The van der Waals surface area contributed by atoms with E-state index in [1.807, 2.05) is 6.92 Å². The Morgan fingerprint density at radius 1 is 1.32 bits per heavy atom. The number of H-pyrrole nitrogens is 1. The quantitative estimate of drug-likeness (QED) is 0.560. The smallest absolute Gasteiger partial charge is 0.266 e. The molecule has 3 aromatic rings. The van der Waals surface area contributed by atoms with Crippen LogP contribution in [0.4, 0.5) is 5.95 Å². The molecule has 31 heavy (non-hydrogen) atoms. The lowest BCUT2D eigenvalue weighted by molar-refractivity contribution is 0.0973. The maximum absolute atomic E-state index is 13.3. The predicted molar refractivity (Wildman–Crippen MR) is 120 cm³/mol. The van der Waals surface area contributed by atoms with Crippen LogP contribution in [0.25, 0.3) is 22.3 Å². The van der Waals surface area contributed by atoms with Crippen molar-refractivity contribution in [1.29, 1.82) is 0 Å². The Morgan fingerprint density at radius 2 is 2.06 bits per heavy atom. The van der Waals surface area contributed by atoms with Crippen molar-refractivity contribution in [2.45, 2.75) is 31.9 Å². The molecular formula is C20H23Cl2N7O2. The number of ether oxygens (including phenoxy) is 1. The number of halogens is 2. The van der Waals surface area contributed by atoms with Crippen LogP contribution in [0.5, 0.6) is 0 Å². The molecule has 11 heteroatoms. The number of hydrogen-bond acceptors (Lipinski definition) is 7. The maximum Gasteiger partial charge on any atom is 0.266 e. The topological polar surface area (TPSA) is 115 Å². The molecule has 0 saturated carbocycles. The second-order valence-corrected chi connectivity index (χ2v) is 9.16. The molecule has 5 heterocycles. The molecule has 3 N–H and O–H groups in total. The lowest BCUT2D eigenvalue weighted by Gasteiger charge is -2.41. The standard InChI is InChI=1S/C20H23Cl2N7O2/c1-10-15(23)20(9-31-10)4-7-29(8-5-20)19-25-17-12(18(30)28(19)2)14(26-27-17)11-3-6-24-16(22)13(11)21/h3,6,10,15H,4-5,7-9,23H2,1-2H3,(H,26,27)/t10-,15+/m0/s1. The monoisotopic (exact) mass is 463 g/mol. The SMILES string of the molecule is C[C@@H]1OCC2(CCN(c3nc4[nH]nc(-c5ccnc(Cl)c5Cl)c4c(=O)n3C)CC2)[C@@H]1N. The van der Waals surface area contributed by atoms with Crippen molar-refractivity contribution in [2.75, 3.05) is 24.6 Å². The number of nitrogens with two attached hydrogens (primary N) is 1. The highest BCUT2D eigenvalue weighted by Crippen LogP contribution is 2.42. The molecule has 0 aliphatic carbocycles. The van der Waals surface area contributed by atoms with E-state index >= 15 is 0 Å². The van der Waals surface area contributed by atoms with Gasteiger partial charge in [0.2, 0.25) is 5.95 Å². The van der Waals surface area contributed by atoms with Crippen molar-refractivity contribution in [3.63, 3.8) is 0 Å². The van der Waals surface area contributed by atoms with Crippen LogP contribution in [0.3, 0.4) is 0 Å². The van der Waals surface area contributed by atoms with Crippen molar-refractivity contribution in [3.05, 3.63) is 32.8 Å². The Morgan fingerprint density at radius 3 is 2.74 bits per heavy atom. The summed E-state index contributed by atoms with van der Waals surface area (Å²) in [5.41, 5.74) is 7.57. The number of nitrogens with zero attached hydrogens (tertiary/aromatic N) is 5. The fourth-order valence-corrected chi connectivity index (χ4v) is 5.11. The second-order valence-electron chi connectivity index (χ2n) is 8.43. The molecule has 2 fully saturated rings. The van der Waals surface area contributed by atoms with Crippen molar-refractivity contribution in [2.24, 2.45) is 18.2 Å². The van der Waals surface area contributed by atoms with Crippen LogP contribution in [0.1, 0.15) is 19.8 Å². The first-order valence-corrected chi connectivity index (χ1v) is 11.0. The highest BCUT2D eigenvalue weighted by Gasteiger charge is 2.47. The summed E-state index contributed by atoms with van der Waals surface area (Å²) in [7, 11) is 1.72. The number of aromatic nitrogens is 5. The summed E-state index contributed by atoms with van der Waals surface area (Å²) in [5.74, 6) is 0.599. The van der Waals surface area contributed by atoms with Gasteiger partial charge in [-0.15, -0.1) is 0 Å². The highest BCUT2D eigenvalue weighted by atomic mass is 35.5. The average molecular weight is 464 g/mol. The van der Waals surface area contributed by atoms with Crippen LogP contribution in [0.2, 0.25) is 10.2 Å². The Kier molecular flexibility index (Phi) is 4.97. The van der Waals surface area contributed by atoms with Crippen LogP contribution in [-0.4, -0.2) is 56.6 Å². The first-order valence-electron chi connectivity index (χ1n) is 10.2. The zero-order valence-corrected chi connectivity index (χ0v) is 18.7. The molecule has 2 aliphatic heterocycles. The Labute approximate surface area is 188 Å². The van der Waals surface area contributed by atoms with E-state index in [-0.39, 0.29) is 33.3 Å². The van der Waals surface area contributed by atoms with Gasteiger partial charge in [0.1, 0.15) is 16.2 Å². The first-order chi connectivity index (χ1) is 14.8. The summed E-state index contributed by atoms with van der Waals surface area (Å²) in [4.78, 5) is 24.1. The van der Waals surface area contributed by atoms with Crippen LogP contribution in [-0.2, 0) is 11.8 Å². The highest BCUT2D eigenvalue weighted by molar-refractivity contribution is 6.43. The number of rotatable bonds is 2. The zero-order chi connectivity index (χ0) is 21.9. The fourth-order valence-electron chi connectivity index (χ4n) is 4.75. The van der Waals surface area contributed by atoms with Gasteiger partial charge in [0.25, 0.3) is 5.56 Å². The molecule has 0 amide bonds. The first kappa shape index (κ1) is 20.7. The third-order valence-corrected chi connectivity index (χ3v) is 7.53. The van der Waals surface area contributed by atoms with Crippen LogP contribution in [0.15, 0.2) is 17.1 Å². The number of aromatic amines is 1. The molecule has 0 bridgehead atoms. The van der Waals surface area contributed by atoms with Gasteiger partial charge >= 0.3 is 0 Å². The van der Waals surface area contributed by atoms with Gasteiger partial charge in [-0.3, -0.25) is 14.5 Å². The van der Waals surface area contributed by atoms with E-state index in [1.165, 1.54) is 6.20 Å². The molecule has 9 nitrogen and oxygen atoms in total. The number of pyridine rings is 1. The largest absolute Gasteiger partial charge is 0.376 e. The average Bonchev–Trinajstić information content (AvgIpc) is 3.31. The lowest BCUT2D eigenvalue weighted by Crippen LogP contribution is -2.51. The van der Waals surface area contributed by atoms with Crippen molar-refractivity contribution in [3.8, 4) is 11.3 Å². The van der Waals surface area contributed by atoms with E-state index in [9.17, 15) is 4.79 Å². The second kappa shape index (κ2) is 7.44. The van der Waals surface area contributed by atoms with E-state index in [4.69, 9.17) is 38.7 Å². The fraction of sp³-hybridized carbons (Fsp3) is 0.500. The molecule has 2 saturated heterocycles. The van der Waals surface area contributed by atoms with Crippen molar-refractivity contribution >= 4 is 40.2 Å². The maximum atomic E-state index is 13.3. The van der Waals surface area contributed by atoms with E-state index in [0.29, 0.717) is 34.8 Å². The molecule has 1 spiro atoms. The van der Waals surface area contributed by atoms with E-state index in [1.54, 1.807) is 17.7 Å². The summed E-state index contributed by atoms with van der Waals surface area (Å²) >= 11 is 12.4. The van der Waals surface area contributed by atoms with Gasteiger partial charge in [0, 0.05) is 43.4 Å². The molecule has 0 unspecified atom stereocenters. The molecule has 5 rings (SSSR count). The zero-order valence-electron chi connectivity index (χ0n) is 17.2. The van der Waals surface area contributed by atoms with E-state index < -0.39 is 0 Å². The third-order valence-electron chi connectivity index (χ3n) is 6.77.